The molecule has 0 saturated carbocycles. The van der Waals surface area contributed by atoms with Crippen LogP contribution in [0, 0.1) is 11.8 Å². The van der Waals surface area contributed by atoms with Crippen molar-refractivity contribution in [1.82, 2.24) is 10.3 Å². The number of pyridine rings is 1. The van der Waals surface area contributed by atoms with E-state index in [4.69, 9.17) is 10.5 Å². The Morgan fingerprint density at radius 1 is 1.60 bits per heavy atom. The molecule has 1 saturated heterocycles. The predicted octanol–water partition coefficient (Wildman–Crippen LogP) is 0.691. The lowest BCUT2D eigenvalue weighted by Crippen LogP contribution is -2.51. The van der Waals surface area contributed by atoms with Crippen molar-refractivity contribution in [2.75, 3.05) is 19.8 Å². The molecule has 0 spiro atoms. The highest BCUT2D eigenvalue weighted by molar-refractivity contribution is 5.94. The van der Waals surface area contributed by atoms with Gasteiger partial charge in [0.25, 0.3) is 5.91 Å². The first-order chi connectivity index (χ1) is 9.63. The van der Waals surface area contributed by atoms with Crippen molar-refractivity contribution in [1.29, 1.82) is 0 Å². The van der Waals surface area contributed by atoms with Crippen molar-refractivity contribution in [3.05, 3.63) is 29.6 Å². The van der Waals surface area contributed by atoms with E-state index in [1.807, 2.05) is 6.92 Å². The van der Waals surface area contributed by atoms with Gasteiger partial charge in [-0.3, -0.25) is 9.78 Å². The first-order valence-electron chi connectivity index (χ1n) is 6.67. The standard InChI is InChI=1S/C15H19N3O2/c1-15(5-3-7-20-11-15)18-14(19)13-8-12(4-2-6-16)9-17-10-13/h8-10H,3,5-7,11,16H2,1H3,(H,18,19). The first-order valence-corrected chi connectivity index (χ1v) is 6.67. The summed E-state index contributed by atoms with van der Waals surface area (Å²) in [5.74, 6) is 5.47. The van der Waals surface area contributed by atoms with Crippen LogP contribution in [-0.2, 0) is 4.74 Å². The van der Waals surface area contributed by atoms with Gasteiger partial charge in [-0.1, -0.05) is 11.8 Å². The van der Waals surface area contributed by atoms with Gasteiger partial charge in [-0.15, -0.1) is 0 Å². The molecule has 5 heteroatoms. The molecular formula is C15H19N3O2. The van der Waals surface area contributed by atoms with Crippen LogP contribution < -0.4 is 11.1 Å². The number of amides is 1. The number of nitrogens with zero attached hydrogens (tertiary/aromatic N) is 1. The van der Waals surface area contributed by atoms with E-state index in [9.17, 15) is 4.79 Å². The Morgan fingerprint density at radius 2 is 2.45 bits per heavy atom. The third-order valence-corrected chi connectivity index (χ3v) is 3.19. The van der Waals surface area contributed by atoms with Gasteiger partial charge >= 0.3 is 0 Å². The van der Waals surface area contributed by atoms with Crippen molar-refractivity contribution >= 4 is 5.91 Å². The maximum Gasteiger partial charge on any atom is 0.253 e. The number of hydrogen-bond donors (Lipinski definition) is 2. The molecule has 2 rings (SSSR count). The lowest BCUT2D eigenvalue weighted by atomic mass is 9.94. The van der Waals surface area contributed by atoms with Gasteiger partial charge in [-0.05, 0) is 25.8 Å². The summed E-state index contributed by atoms with van der Waals surface area (Å²) in [5, 5.41) is 3.02. The summed E-state index contributed by atoms with van der Waals surface area (Å²) < 4.78 is 5.43. The number of nitrogens with two attached hydrogens (primary N) is 1. The van der Waals surface area contributed by atoms with Crippen LogP contribution in [0.25, 0.3) is 0 Å². The Balaban J connectivity index is 2.08. The van der Waals surface area contributed by atoms with Crippen LogP contribution in [0.15, 0.2) is 18.5 Å². The fourth-order valence-corrected chi connectivity index (χ4v) is 2.16. The Labute approximate surface area is 118 Å². The van der Waals surface area contributed by atoms with Crippen LogP contribution in [-0.4, -0.2) is 36.2 Å². The van der Waals surface area contributed by atoms with Gasteiger partial charge in [-0.25, -0.2) is 0 Å². The maximum absolute atomic E-state index is 12.3. The van der Waals surface area contributed by atoms with E-state index >= 15 is 0 Å². The Bertz CT molecular complexity index is 540. The number of rotatable bonds is 2. The molecule has 1 aromatic rings. The number of hydrogen-bond acceptors (Lipinski definition) is 4. The second-order valence-electron chi connectivity index (χ2n) is 5.14. The lowest BCUT2D eigenvalue weighted by Gasteiger charge is -2.34. The van der Waals surface area contributed by atoms with E-state index in [0.717, 1.165) is 19.4 Å². The van der Waals surface area contributed by atoms with Crippen LogP contribution >= 0.6 is 0 Å². The topological polar surface area (TPSA) is 77.2 Å². The summed E-state index contributed by atoms with van der Waals surface area (Å²) in [5.41, 5.74) is 6.21. The minimum Gasteiger partial charge on any atom is -0.379 e. The second-order valence-corrected chi connectivity index (χ2v) is 5.14. The average Bonchev–Trinajstić information content (AvgIpc) is 2.45. The number of aromatic nitrogens is 1. The lowest BCUT2D eigenvalue weighted by molar-refractivity contribution is 0.0272. The van der Waals surface area contributed by atoms with Gasteiger partial charge in [0.1, 0.15) is 0 Å². The van der Waals surface area contributed by atoms with E-state index in [-0.39, 0.29) is 18.0 Å². The highest BCUT2D eigenvalue weighted by atomic mass is 16.5. The van der Waals surface area contributed by atoms with Crippen LogP contribution in [0.5, 0.6) is 0 Å². The van der Waals surface area contributed by atoms with Crippen molar-refractivity contribution < 1.29 is 9.53 Å². The molecule has 5 nitrogen and oxygen atoms in total. The summed E-state index contributed by atoms with van der Waals surface area (Å²) in [6.07, 6.45) is 5.02. The van der Waals surface area contributed by atoms with Crippen molar-refractivity contribution in [3.8, 4) is 11.8 Å². The molecule has 3 N–H and O–H groups in total. The largest absolute Gasteiger partial charge is 0.379 e. The minimum atomic E-state index is -0.311. The van der Waals surface area contributed by atoms with Gasteiger partial charge in [0, 0.05) is 24.6 Å². The normalized spacial score (nSPS) is 21.7. The molecule has 0 aromatic carbocycles. The Hall–Kier alpha value is -1.90. The van der Waals surface area contributed by atoms with Gasteiger partial charge in [0.15, 0.2) is 0 Å². The van der Waals surface area contributed by atoms with Gasteiger partial charge in [0.05, 0.1) is 24.3 Å². The van der Waals surface area contributed by atoms with E-state index in [1.54, 1.807) is 12.3 Å². The molecule has 1 fully saturated rings. The quantitative estimate of drug-likeness (QED) is 0.777. The zero-order valence-corrected chi connectivity index (χ0v) is 11.6. The summed E-state index contributed by atoms with van der Waals surface area (Å²) in [4.78, 5) is 16.3. The summed E-state index contributed by atoms with van der Waals surface area (Å²) in [6.45, 7) is 3.58. The minimum absolute atomic E-state index is 0.151. The molecule has 1 aromatic heterocycles. The SMILES string of the molecule is CC1(NC(=O)c2cncc(C#CCN)c2)CCCOC1. The average molecular weight is 273 g/mol. The molecule has 1 unspecified atom stereocenters. The zero-order valence-electron chi connectivity index (χ0n) is 11.6. The number of carbonyl (C=O) groups is 1. The molecule has 0 radical (unpaired) electrons. The summed E-state index contributed by atoms with van der Waals surface area (Å²) >= 11 is 0. The number of nitrogens with one attached hydrogen (secondary N) is 1. The van der Waals surface area contributed by atoms with Crippen molar-refractivity contribution in [2.45, 2.75) is 25.3 Å². The molecular weight excluding hydrogens is 254 g/mol. The molecule has 0 aliphatic carbocycles. The predicted molar refractivity (Wildman–Crippen MR) is 76.1 cm³/mol. The Morgan fingerprint density at radius 3 is 3.15 bits per heavy atom. The Kier molecular flexibility index (Phi) is 4.72. The summed E-state index contributed by atoms with van der Waals surface area (Å²) in [7, 11) is 0. The third kappa shape index (κ3) is 3.80. The molecule has 106 valence electrons. The fourth-order valence-electron chi connectivity index (χ4n) is 2.16. The maximum atomic E-state index is 12.3. The molecule has 0 bridgehead atoms. The van der Waals surface area contributed by atoms with Gasteiger partial charge in [-0.2, -0.15) is 0 Å². The second kappa shape index (κ2) is 6.51. The summed E-state index contributed by atoms with van der Waals surface area (Å²) in [6, 6.07) is 1.72. The zero-order chi connectivity index (χ0) is 14.4. The number of ether oxygens (including phenoxy) is 1. The molecule has 1 aliphatic rings. The molecule has 2 heterocycles. The van der Waals surface area contributed by atoms with E-state index < -0.39 is 0 Å². The molecule has 1 aliphatic heterocycles. The monoisotopic (exact) mass is 273 g/mol. The van der Waals surface area contributed by atoms with Gasteiger partial charge in [0.2, 0.25) is 0 Å². The van der Waals surface area contributed by atoms with Gasteiger partial charge < -0.3 is 15.8 Å². The van der Waals surface area contributed by atoms with E-state index in [0.29, 0.717) is 17.7 Å². The molecule has 20 heavy (non-hydrogen) atoms. The van der Waals surface area contributed by atoms with Crippen LogP contribution in [0.2, 0.25) is 0 Å². The third-order valence-electron chi connectivity index (χ3n) is 3.19. The van der Waals surface area contributed by atoms with Crippen molar-refractivity contribution in [3.63, 3.8) is 0 Å². The first kappa shape index (κ1) is 14.5. The van der Waals surface area contributed by atoms with E-state index in [1.165, 1.54) is 6.20 Å². The van der Waals surface area contributed by atoms with E-state index in [2.05, 4.69) is 22.1 Å². The van der Waals surface area contributed by atoms with Crippen LogP contribution in [0.3, 0.4) is 0 Å². The highest BCUT2D eigenvalue weighted by Gasteiger charge is 2.29. The molecule has 1 amide bonds. The van der Waals surface area contributed by atoms with Crippen LogP contribution in [0.1, 0.15) is 35.7 Å². The van der Waals surface area contributed by atoms with Crippen LogP contribution in [0.4, 0.5) is 0 Å². The fraction of sp³-hybridized carbons (Fsp3) is 0.467. The molecule has 1 atom stereocenters. The van der Waals surface area contributed by atoms with Crippen molar-refractivity contribution in [2.24, 2.45) is 5.73 Å². The highest BCUT2D eigenvalue weighted by Crippen LogP contribution is 2.19. The smallest absolute Gasteiger partial charge is 0.253 e. The number of carbonyl (C=O) groups excluding carboxylic acids is 1.